The van der Waals surface area contributed by atoms with E-state index in [4.69, 9.17) is 0 Å². The van der Waals surface area contributed by atoms with Gasteiger partial charge >= 0.3 is 0 Å². The van der Waals surface area contributed by atoms with Crippen molar-refractivity contribution in [1.29, 1.82) is 0 Å². The minimum absolute atomic E-state index is 0.883. The molecule has 10 aromatic rings. The fourth-order valence-corrected chi connectivity index (χ4v) is 9.09. The van der Waals surface area contributed by atoms with Gasteiger partial charge in [-0.2, -0.15) is 0 Å². The highest BCUT2D eigenvalue weighted by atomic mass is 15.2. The molecule has 1 heterocycles. The van der Waals surface area contributed by atoms with E-state index >= 15 is 0 Å². The molecule has 61 heavy (non-hydrogen) atoms. The number of anilines is 3. The van der Waals surface area contributed by atoms with Gasteiger partial charge in [0.15, 0.2) is 0 Å². The summed E-state index contributed by atoms with van der Waals surface area (Å²) in [4.78, 5) is 2.48. The topological polar surface area (TPSA) is 8.17 Å². The van der Waals surface area contributed by atoms with Gasteiger partial charge in [0, 0.05) is 22.0 Å². The zero-order valence-electron chi connectivity index (χ0n) is 33.7. The van der Waals surface area contributed by atoms with Crippen molar-refractivity contribution in [2.24, 2.45) is 0 Å². The number of benzene rings is 9. The maximum Gasteiger partial charge on any atom is 0.0708 e. The highest BCUT2D eigenvalue weighted by Gasteiger charge is 2.24. The molecule has 1 aliphatic rings. The Morgan fingerprint density at radius 3 is 1.79 bits per heavy atom. The largest absolute Gasteiger partial charge is 0.308 e. The molecule has 1 aliphatic carbocycles. The molecule has 1 aromatic heterocycles. The van der Waals surface area contributed by atoms with Crippen LogP contribution in [0.1, 0.15) is 12.0 Å². The van der Waals surface area contributed by atoms with Gasteiger partial charge in [-0.15, -0.1) is 0 Å². The van der Waals surface area contributed by atoms with Crippen LogP contribution in [0.3, 0.4) is 0 Å². The quantitative estimate of drug-likeness (QED) is 0.149. The molecule has 0 radical (unpaired) electrons. The van der Waals surface area contributed by atoms with Gasteiger partial charge in [-0.3, -0.25) is 0 Å². The Morgan fingerprint density at radius 2 is 1.02 bits per heavy atom. The van der Waals surface area contributed by atoms with E-state index < -0.39 is 0 Å². The molecule has 0 saturated carbocycles. The van der Waals surface area contributed by atoms with Gasteiger partial charge in [-0.25, -0.2) is 0 Å². The van der Waals surface area contributed by atoms with Gasteiger partial charge in [0.25, 0.3) is 0 Å². The van der Waals surface area contributed by atoms with Crippen LogP contribution in [0.5, 0.6) is 0 Å². The average molecular weight is 779 g/mol. The first-order valence-corrected chi connectivity index (χ1v) is 21.1. The zero-order valence-corrected chi connectivity index (χ0v) is 33.7. The molecule has 0 amide bonds. The third-order valence-electron chi connectivity index (χ3n) is 12.0. The van der Waals surface area contributed by atoms with Crippen LogP contribution in [-0.4, -0.2) is 4.57 Å². The summed E-state index contributed by atoms with van der Waals surface area (Å²) in [5.74, 6) is 0. The maximum atomic E-state index is 2.48. The number of fused-ring (bicyclic) bond motifs is 5. The van der Waals surface area contributed by atoms with Crippen molar-refractivity contribution in [3.05, 3.63) is 248 Å². The first-order valence-electron chi connectivity index (χ1n) is 21.1. The number of aromatic nitrogens is 1. The number of allylic oxidation sites excluding steroid dienone is 6. The summed E-state index contributed by atoms with van der Waals surface area (Å²) in [7, 11) is 0. The summed E-state index contributed by atoms with van der Waals surface area (Å²) in [6.45, 7) is 0. The Balaban J connectivity index is 1.16. The lowest BCUT2D eigenvalue weighted by Crippen LogP contribution is -2.14. The van der Waals surface area contributed by atoms with Crippen molar-refractivity contribution in [2.45, 2.75) is 6.42 Å². The van der Waals surface area contributed by atoms with E-state index in [9.17, 15) is 0 Å². The fourth-order valence-electron chi connectivity index (χ4n) is 9.09. The van der Waals surface area contributed by atoms with E-state index in [2.05, 4.69) is 252 Å². The van der Waals surface area contributed by atoms with Crippen molar-refractivity contribution < 1.29 is 0 Å². The molecule has 0 aliphatic heterocycles. The average Bonchev–Trinajstić information content (AvgIpc) is 3.44. The maximum absolute atomic E-state index is 2.48. The monoisotopic (exact) mass is 778 g/mol. The molecular formula is C59H42N2. The van der Waals surface area contributed by atoms with E-state index in [1.54, 1.807) is 0 Å². The van der Waals surface area contributed by atoms with Crippen LogP contribution in [0.25, 0.3) is 77.2 Å². The smallest absolute Gasteiger partial charge is 0.0708 e. The predicted octanol–water partition coefficient (Wildman–Crippen LogP) is 16.3. The Kier molecular flexibility index (Phi) is 9.29. The minimum Gasteiger partial charge on any atom is -0.308 e. The Bertz CT molecular complexity index is 3290. The SMILES string of the molecule is C1=CCC=C(c2ccc(-n3c4ccccc4c4c5ccccc5ccc43)c(N(c3ccc(-c4ccc(-c5ccccc5)cc4)cc3)c3ccccc3-c3ccccc3)c2)C=C1. The molecular weight excluding hydrogens is 737 g/mol. The number of hydrogen-bond donors (Lipinski definition) is 0. The second kappa shape index (κ2) is 15.7. The van der Waals surface area contributed by atoms with Crippen LogP contribution in [0.4, 0.5) is 17.1 Å². The lowest BCUT2D eigenvalue weighted by atomic mass is 9.98. The first kappa shape index (κ1) is 36.2. The summed E-state index contributed by atoms with van der Waals surface area (Å²) in [5, 5.41) is 5.00. The molecule has 0 unspecified atom stereocenters. The van der Waals surface area contributed by atoms with Crippen LogP contribution in [-0.2, 0) is 0 Å². The molecule has 0 spiro atoms. The number of nitrogens with zero attached hydrogens (tertiary/aromatic N) is 2. The third kappa shape index (κ3) is 6.65. The Hall–Kier alpha value is -7.94. The molecule has 0 atom stereocenters. The van der Waals surface area contributed by atoms with E-state index in [1.165, 1.54) is 71.5 Å². The lowest BCUT2D eigenvalue weighted by Gasteiger charge is -2.31. The van der Waals surface area contributed by atoms with Crippen molar-refractivity contribution >= 4 is 55.2 Å². The summed E-state index contributed by atoms with van der Waals surface area (Å²) < 4.78 is 2.48. The van der Waals surface area contributed by atoms with Crippen molar-refractivity contribution in [1.82, 2.24) is 4.57 Å². The van der Waals surface area contributed by atoms with E-state index in [-0.39, 0.29) is 0 Å². The fraction of sp³-hybridized carbons (Fsp3) is 0.0169. The Morgan fingerprint density at radius 1 is 0.410 bits per heavy atom. The van der Waals surface area contributed by atoms with Crippen LogP contribution >= 0.6 is 0 Å². The number of rotatable bonds is 8. The molecule has 0 bridgehead atoms. The van der Waals surface area contributed by atoms with Gasteiger partial charge in [0.05, 0.1) is 28.1 Å². The number of para-hydroxylation sites is 2. The van der Waals surface area contributed by atoms with Crippen LogP contribution in [0.15, 0.2) is 243 Å². The summed E-state index contributed by atoms with van der Waals surface area (Å²) in [5.41, 5.74) is 16.2. The Labute approximate surface area is 356 Å². The standard InChI is InChI=1S/C59H42N2/c1-2-6-20-43(19-5-1)49-36-39-56(61-55-28-16-14-26-53(55)59-52-25-12-11-23-48(52)35-40-57(59)61)58(41-49)60(54-27-15-13-24-51(54)47-21-9-4-10-22-47)50-37-33-46(34-38-50)45-31-29-44(30-32-45)42-17-7-3-8-18-42/h1-5,7-41H,6H2. The van der Waals surface area contributed by atoms with E-state index in [1.807, 2.05) is 0 Å². The van der Waals surface area contributed by atoms with Gasteiger partial charge < -0.3 is 9.47 Å². The van der Waals surface area contributed by atoms with Gasteiger partial charge in [0.1, 0.15) is 0 Å². The highest BCUT2D eigenvalue weighted by molar-refractivity contribution is 6.21. The second-order valence-corrected chi connectivity index (χ2v) is 15.6. The summed E-state index contributed by atoms with van der Waals surface area (Å²) >= 11 is 0. The normalized spacial score (nSPS) is 12.5. The summed E-state index contributed by atoms with van der Waals surface area (Å²) in [6, 6.07) is 77.4. The van der Waals surface area contributed by atoms with Crippen molar-refractivity contribution in [3.63, 3.8) is 0 Å². The molecule has 0 saturated heterocycles. The van der Waals surface area contributed by atoms with Gasteiger partial charge in [-0.1, -0.05) is 200 Å². The molecule has 11 rings (SSSR count). The summed E-state index contributed by atoms with van der Waals surface area (Å²) in [6.07, 6.45) is 11.9. The van der Waals surface area contributed by atoms with Crippen LogP contribution in [0.2, 0.25) is 0 Å². The van der Waals surface area contributed by atoms with Gasteiger partial charge in [-0.05, 0) is 98.6 Å². The molecule has 0 fully saturated rings. The predicted molar refractivity (Wildman–Crippen MR) is 260 cm³/mol. The molecule has 0 N–H and O–H groups in total. The minimum atomic E-state index is 0.883. The van der Waals surface area contributed by atoms with E-state index in [0.29, 0.717) is 0 Å². The van der Waals surface area contributed by atoms with Crippen molar-refractivity contribution in [2.75, 3.05) is 4.90 Å². The first-order chi connectivity index (χ1) is 30.3. The molecule has 2 nitrogen and oxygen atoms in total. The molecule has 288 valence electrons. The lowest BCUT2D eigenvalue weighted by molar-refractivity contribution is 1.15. The van der Waals surface area contributed by atoms with Crippen LogP contribution in [0, 0.1) is 0 Å². The van der Waals surface area contributed by atoms with Crippen LogP contribution < -0.4 is 4.90 Å². The highest BCUT2D eigenvalue weighted by Crippen LogP contribution is 2.47. The van der Waals surface area contributed by atoms with Gasteiger partial charge in [0.2, 0.25) is 0 Å². The third-order valence-corrected chi connectivity index (χ3v) is 12.0. The van der Waals surface area contributed by atoms with Crippen molar-refractivity contribution in [3.8, 4) is 39.1 Å². The number of hydrogen-bond acceptors (Lipinski definition) is 1. The molecule has 2 heteroatoms. The zero-order chi connectivity index (χ0) is 40.5. The van der Waals surface area contributed by atoms with E-state index in [0.717, 1.165) is 34.7 Å². The second-order valence-electron chi connectivity index (χ2n) is 15.6. The molecule has 9 aromatic carbocycles.